The zero-order chi connectivity index (χ0) is 34.9. The molecule has 0 saturated heterocycles. The van der Waals surface area contributed by atoms with Crippen molar-refractivity contribution in [1.29, 1.82) is 0 Å². The number of carbonyl (C=O) groups is 4. The van der Waals surface area contributed by atoms with Crippen molar-refractivity contribution in [3.05, 3.63) is 71.3 Å². The predicted molar refractivity (Wildman–Crippen MR) is 183 cm³/mol. The molecule has 2 aromatic carbocycles. The van der Waals surface area contributed by atoms with Gasteiger partial charge in [-0.05, 0) is 79.0 Å². The quantitative estimate of drug-likeness (QED) is 0.156. The van der Waals surface area contributed by atoms with Crippen LogP contribution < -0.4 is 10.6 Å². The summed E-state index contributed by atoms with van der Waals surface area (Å²) >= 11 is 4.37. The second-order valence-electron chi connectivity index (χ2n) is 13.7. The van der Waals surface area contributed by atoms with Crippen molar-refractivity contribution in [2.75, 3.05) is 5.75 Å². The lowest BCUT2D eigenvalue weighted by atomic mass is 9.90. The summed E-state index contributed by atoms with van der Waals surface area (Å²) < 4.78 is 11.1. The van der Waals surface area contributed by atoms with Crippen LogP contribution in [0.4, 0.5) is 4.79 Å². The number of nitrogens with zero attached hydrogens (tertiary/aromatic N) is 1. The number of rotatable bonds is 12. The Balaban J connectivity index is 2.71. The average molecular weight is 652 g/mol. The van der Waals surface area contributed by atoms with Crippen LogP contribution in [0.15, 0.2) is 54.6 Å². The fourth-order valence-electron chi connectivity index (χ4n) is 4.68. The number of ether oxygens (including phenoxy) is 2. The predicted octanol–water partition coefficient (Wildman–Crippen LogP) is 5.62. The van der Waals surface area contributed by atoms with Crippen molar-refractivity contribution in [2.45, 2.75) is 110 Å². The molecule has 3 atom stereocenters. The molecule has 0 spiro atoms. The summed E-state index contributed by atoms with van der Waals surface area (Å²) in [6.45, 7) is 15.9. The van der Waals surface area contributed by atoms with Gasteiger partial charge in [0, 0.05) is 23.3 Å². The maximum absolute atomic E-state index is 14.6. The van der Waals surface area contributed by atoms with Crippen LogP contribution in [0, 0.1) is 12.3 Å². The van der Waals surface area contributed by atoms with Crippen LogP contribution in [0.3, 0.4) is 0 Å². The molecule has 0 aliphatic heterocycles. The molecule has 2 rings (SSSR count). The highest BCUT2D eigenvalue weighted by Gasteiger charge is 2.44. The Kier molecular flexibility index (Phi) is 13.3. The molecule has 250 valence electrons. The van der Waals surface area contributed by atoms with Crippen molar-refractivity contribution in [2.24, 2.45) is 0 Å². The molecular formula is C36H49N3O6S. The van der Waals surface area contributed by atoms with E-state index >= 15 is 0 Å². The third-order valence-corrected chi connectivity index (χ3v) is 7.50. The van der Waals surface area contributed by atoms with Crippen LogP contribution in [0.2, 0.25) is 0 Å². The van der Waals surface area contributed by atoms with Crippen molar-refractivity contribution in [1.82, 2.24) is 15.5 Å². The van der Waals surface area contributed by atoms with Crippen molar-refractivity contribution in [3.8, 4) is 12.3 Å². The Morgan fingerprint density at radius 2 is 1.41 bits per heavy atom. The van der Waals surface area contributed by atoms with Gasteiger partial charge in [-0.2, -0.15) is 12.6 Å². The van der Waals surface area contributed by atoms with E-state index in [0.29, 0.717) is 17.5 Å². The number of thiol groups is 1. The Morgan fingerprint density at radius 3 is 1.93 bits per heavy atom. The molecule has 0 bridgehead atoms. The van der Waals surface area contributed by atoms with Gasteiger partial charge < -0.3 is 25.0 Å². The summed E-state index contributed by atoms with van der Waals surface area (Å²) in [5, 5.41) is 5.51. The Hall–Kier alpha value is -3.97. The maximum Gasteiger partial charge on any atom is 0.408 e. The van der Waals surface area contributed by atoms with E-state index < -0.39 is 58.7 Å². The maximum atomic E-state index is 14.6. The molecule has 3 unspecified atom stereocenters. The number of esters is 1. The third-order valence-electron chi connectivity index (χ3n) is 7.13. The summed E-state index contributed by atoms with van der Waals surface area (Å²) in [4.78, 5) is 56.8. The van der Waals surface area contributed by atoms with E-state index in [9.17, 15) is 19.2 Å². The van der Waals surface area contributed by atoms with Gasteiger partial charge in [-0.25, -0.2) is 9.59 Å². The van der Waals surface area contributed by atoms with Crippen molar-refractivity contribution >= 4 is 36.5 Å². The largest absolute Gasteiger partial charge is 0.458 e. The molecule has 10 heteroatoms. The van der Waals surface area contributed by atoms with Crippen LogP contribution >= 0.6 is 12.6 Å². The number of amides is 3. The van der Waals surface area contributed by atoms with Crippen LogP contribution in [0.5, 0.6) is 0 Å². The molecule has 0 aliphatic rings. The van der Waals surface area contributed by atoms with Gasteiger partial charge in [-0.15, -0.1) is 6.42 Å². The minimum Gasteiger partial charge on any atom is -0.458 e. The van der Waals surface area contributed by atoms with E-state index in [4.69, 9.17) is 15.9 Å². The van der Waals surface area contributed by atoms with E-state index in [1.807, 2.05) is 51.1 Å². The van der Waals surface area contributed by atoms with Gasteiger partial charge in [-0.3, -0.25) is 9.59 Å². The zero-order valence-electron chi connectivity index (χ0n) is 28.5. The molecule has 0 aliphatic carbocycles. The fourth-order valence-corrected chi connectivity index (χ4v) is 4.93. The molecule has 9 nitrogen and oxygen atoms in total. The highest BCUT2D eigenvalue weighted by Crippen LogP contribution is 2.34. The number of alkyl carbamates (subject to hydrolysis) is 1. The van der Waals surface area contributed by atoms with Crippen LogP contribution in [-0.4, -0.2) is 63.4 Å². The molecule has 0 radical (unpaired) electrons. The molecule has 0 aromatic heterocycles. The Morgan fingerprint density at radius 1 is 0.848 bits per heavy atom. The first-order valence-electron chi connectivity index (χ1n) is 15.4. The first-order chi connectivity index (χ1) is 21.3. The fraction of sp³-hybridized carbons (Fsp3) is 0.500. The molecule has 2 N–H and O–H groups in total. The van der Waals surface area contributed by atoms with E-state index in [1.165, 1.54) is 4.90 Å². The second kappa shape index (κ2) is 16.0. The van der Waals surface area contributed by atoms with Crippen molar-refractivity contribution < 1.29 is 28.7 Å². The van der Waals surface area contributed by atoms with Gasteiger partial charge in [-0.1, -0.05) is 61.4 Å². The van der Waals surface area contributed by atoms with Crippen LogP contribution in [-0.2, 0) is 30.3 Å². The van der Waals surface area contributed by atoms with Crippen molar-refractivity contribution in [3.63, 3.8) is 0 Å². The third kappa shape index (κ3) is 11.1. The first kappa shape index (κ1) is 38.2. The Bertz CT molecular complexity index is 1410. The van der Waals surface area contributed by atoms with Gasteiger partial charge in [0.25, 0.3) is 0 Å². The molecule has 0 fully saturated rings. The molecule has 3 amide bonds. The number of hydrogen-bond donors (Lipinski definition) is 3. The highest BCUT2D eigenvalue weighted by atomic mass is 32.1. The lowest BCUT2D eigenvalue weighted by Gasteiger charge is -2.45. The number of hydrogen-bond acceptors (Lipinski definition) is 7. The second-order valence-corrected chi connectivity index (χ2v) is 14.0. The van der Waals surface area contributed by atoms with E-state index in [-0.39, 0.29) is 12.2 Å². The standard InChI is InChI=1S/C36H49N3O6S/c1-11-25-20-16-17-21-26(25)29(30(40)37-27(32(42)44-34(3,4)5)22-24-18-14-13-15-19-24)39(36(9,10)12-2)31(41)28(23-46)38-33(43)45-35(6,7)8/h1,13-21,27-29,46H,12,22-23H2,2-10H3,(H,37,40)(H,38,43). The SMILES string of the molecule is C#Cc1ccccc1C(C(=O)NC(Cc1ccccc1)C(=O)OC(C)(C)C)N(C(=O)C(CS)NC(=O)OC(C)(C)C)C(C)(C)CC. The minimum absolute atomic E-state index is 0.0754. The zero-order valence-corrected chi connectivity index (χ0v) is 29.4. The molecule has 46 heavy (non-hydrogen) atoms. The summed E-state index contributed by atoms with van der Waals surface area (Å²) in [6.07, 6.45) is 5.68. The van der Waals surface area contributed by atoms with Crippen LogP contribution in [0.25, 0.3) is 0 Å². The van der Waals surface area contributed by atoms with E-state index in [1.54, 1.807) is 65.8 Å². The van der Waals surface area contributed by atoms with Gasteiger partial charge in [0.05, 0.1) is 0 Å². The lowest BCUT2D eigenvalue weighted by Crippen LogP contribution is -2.61. The summed E-state index contributed by atoms with van der Waals surface area (Å²) in [6, 6.07) is 12.5. The van der Waals surface area contributed by atoms with Gasteiger partial charge >= 0.3 is 12.1 Å². The summed E-state index contributed by atoms with van der Waals surface area (Å²) in [5.41, 5.74) is -0.968. The number of nitrogens with one attached hydrogen (secondary N) is 2. The molecule has 0 saturated carbocycles. The molecule has 2 aromatic rings. The average Bonchev–Trinajstić information content (AvgIpc) is 2.96. The number of carbonyl (C=O) groups excluding carboxylic acids is 4. The monoisotopic (exact) mass is 651 g/mol. The summed E-state index contributed by atoms with van der Waals surface area (Å²) in [5.74, 6) is 0.717. The van der Waals surface area contributed by atoms with E-state index in [2.05, 4.69) is 29.2 Å². The molecular weight excluding hydrogens is 602 g/mol. The number of benzene rings is 2. The first-order valence-corrected chi connectivity index (χ1v) is 16.0. The molecule has 0 heterocycles. The van der Waals surface area contributed by atoms with Gasteiger partial charge in [0.1, 0.15) is 29.3 Å². The smallest absolute Gasteiger partial charge is 0.408 e. The minimum atomic E-state index is -1.29. The highest BCUT2D eigenvalue weighted by molar-refractivity contribution is 7.80. The normalized spacial score (nSPS) is 13.8. The van der Waals surface area contributed by atoms with Gasteiger partial charge in [0.15, 0.2) is 0 Å². The van der Waals surface area contributed by atoms with E-state index in [0.717, 1.165) is 5.56 Å². The lowest BCUT2D eigenvalue weighted by molar-refractivity contribution is -0.159. The number of terminal acetylenes is 1. The van der Waals surface area contributed by atoms with Gasteiger partial charge in [0.2, 0.25) is 11.8 Å². The topological polar surface area (TPSA) is 114 Å². The van der Waals surface area contributed by atoms with Crippen LogP contribution in [0.1, 0.15) is 91.5 Å². The Labute approximate surface area is 279 Å². The summed E-state index contributed by atoms with van der Waals surface area (Å²) in [7, 11) is 0.